The molecule has 0 aliphatic rings. The van der Waals surface area contributed by atoms with Gasteiger partial charge in [-0.1, -0.05) is 84.9 Å². The van der Waals surface area contributed by atoms with Gasteiger partial charge < -0.3 is 16.0 Å². The first kappa shape index (κ1) is 26.5. The highest BCUT2D eigenvalue weighted by atomic mass is 19.1. The van der Waals surface area contributed by atoms with E-state index in [1.54, 1.807) is 12.1 Å². The summed E-state index contributed by atoms with van der Waals surface area (Å²) in [7, 11) is 0. The normalized spacial score (nSPS) is 11.5. The van der Waals surface area contributed by atoms with Crippen molar-refractivity contribution in [2.75, 3.05) is 6.54 Å². The second kappa shape index (κ2) is 13.1. The summed E-state index contributed by atoms with van der Waals surface area (Å²) in [5, 5.41) is 10.4. The van der Waals surface area contributed by atoms with Crippen molar-refractivity contribution in [1.29, 1.82) is 0 Å². The zero-order valence-electron chi connectivity index (χ0n) is 21.0. The molecule has 1 atom stereocenters. The van der Waals surface area contributed by atoms with E-state index in [0.717, 1.165) is 21.9 Å². The van der Waals surface area contributed by atoms with Crippen LogP contribution in [-0.2, 0) is 33.8 Å². The summed E-state index contributed by atoms with van der Waals surface area (Å²) >= 11 is 0. The van der Waals surface area contributed by atoms with Crippen LogP contribution in [0.5, 0.6) is 0 Å². The quantitative estimate of drug-likeness (QED) is 0.284. The lowest BCUT2D eigenvalue weighted by molar-refractivity contribution is -0.129. The Morgan fingerprint density at radius 2 is 1.42 bits per heavy atom. The summed E-state index contributed by atoms with van der Waals surface area (Å²) in [6, 6.07) is 28.3. The molecule has 1 unspecified atom stereocenters. The third-order valence-corrected chi connectivity index (χ3v) is 6.27. The third kappa shape index (κ3) is 7.74. The molecule has 0 bridgehead atoms. The van der Waals surface area contributed by atoms with Crippen LogP contribution in [0.2, 0.25) is 0 Å². The molecule has 0 aromatic heterocycles. The van der Waals surface area contributed by atoms with Crippen LogP contribution in [0.25, 0.3) is 10.8 Å². The molecular weight excluding hydrogens is 481 g/mol. The Bertz CT molecular complexity index is 1390. The first-order chi connectivity index (χ1) is 18.5. The van der Waals surface area contributed by atoms with Crippen molar-refractivity contribution in [2.45, 2.75) is 31.8 Å². The predicted octanol–water partition coefficient (Wildman–Crippen LogP) is 4.07. The van der Waals surface area contributed by atoms with E-state index in [0.29, 0.717) is 12.0 Å². The van der Waals surface area contributed by atoms with E-state index < -0.39 is 11.9 Å². The Hall–Kier alpha value is -4.52. The number of carbonyl (C=O) groups excluding carboxylic acids is 3. The van der Waals surface area contributed by atoms with E-state index in [1.165, 1.54) is 12.1 Å². The topological polar surface area (TPSA) is 87.3 Å². The summed E-state index contributed by atoms with van der Waals surface area (Å²) in [6.45, 7) is 0.0380. The van der Waals surface area contributed by atoms with Crippen LogP contribution >= 0.6 is 0 Å². The van der Waals surface area contributed by atoms with Crippen molar-refractivity contribution in [1.82, 2.24) is 16.0 Å². The average Bonchev–Trinajstić information content (AvgIpc) is 2.95. The maximum atomic E-state index is 13.4. The van der Waals surface area contributed by atoms with Gasteiger partial charge in [0.1, 0.15) is 11.9 Å². The molecule has 0 fully saturated rings. The van der Waals surface area contributed by atoms with Gasteiger partial charge in [0, 0.05) is 19.4 Å². The molecule has 194 valence electrons. The van der Waals surface area contributed by atoms with Crippen LogP contribution in [0.3, 0.4) is 0 Å². The first-order valence-corrected chi connectivity index (χ1v) is 12.6. The number of aryl methyl sites for hydroxylation is 1. The molecule has 3 amide bonds. The fourth-order valence-electron chi connectivity index (χ4n) is 4.23. The number of rotatable bonds is 11. The summed E-state index contributed by atoms with van der Waals surface area (Å²) in [5.41, 5.74) is 2.69. The van der Waals surface area contributed by atoms with Crippen molar-refractivity contribution in [3.8, 4) is 0 Å². The maximum Gasteiger partial charge on any atom is 0.243 e. The molecule has 4 aromatic rings. The minimum Gasteiger partial charge on any atom is -0.350 e. The Balaban J connectivity index is 1.36. The van der Waals surface area contributed by atoms with Gasteiger partial charge in [-0.25, -0.2) is 4.39 Å². The maximum absolute atomic E-state index is 13.4. The minimum atomic E-state index is -0.899. The van der Waals surface area contributed by atoms with Crippen LogP contribution < -0.4 is 16.0 Å². The Morgan fingerprint density at radius 3 is 2.21 bits per heavy atom. The highest BCUT2D eigenvalue weighted by Gasteiger charge is 2.22. The molecule has 3 N–H and O–H groups in total. The van der Waals surface area contributed by atoms with Gasteiger partial charge in [0.25, 0.3) is 0 Å². The van der Waals surface area contributed by atoms with E-state index in [9.17, 15) is 18.8 Å². The van der Waals surface area contributed by atoms with Crippen LogP contribution in [0, 0.1) is 5.82 Å². The Morgan fingerprint density at radius 1 is 0.711 bits per heavy atom. The number of amides is 3. The third-order valence-electron chi connectivity index (χ3n) is 6.27. The molecule has 0 heterocycles. The van der Waals surface area contributed by atoms with Crippen molar-refractivity contribution in [3.05, 3.63) is 120 Å². The summed E-state index contributed by atoms with van der Waals surface area (Å²) in [5.74, 6) is -1.48. The van der Waals surface area contributed by atoms with Crippen molar-refractivity contribution < 1.29 is 18.8 Å². The van der Waals surface area contributed by atoms with Gasteiger partial charge in [-0.05, 0) is 46.0 Å². The highest BCUT2D eigenvalue weighted by Crippen LogP contribution is 2.18. The van der Waals surface area contributed by atoms with Gasteiger partial charge in [-0.15, -0.1) is 0 Å². The molecule has 0 spiro atoms. The highest BCUT2D eigenvalue weighted by molar-refractivity contribution is 5.91. The average molecular weight is 512 g/mol. The van der Waals surface area contributed by atoms with Crippen molar-refractivity contribution in [2.24, 2.45) is 0 Å². The minimum absolute atomic E-state index is 0.176. The fraction of sp³-hybridized carbons (Fsp3) is 0.194. The van der Waals surface area contributed by atoms with Gasteiger partial charge in [0.05, 0.1) is 6.54 Å². The summed E-state index contributed by atoms with van der Waals surface area (Å²) in [4.78, 5) is 38.1. The van der Waals surface area contributed by atoms with Gasteiger partial charge in [-0.2, -0.15) is 0 Å². The molecule has 0 saturated carbocycles. The number of hydrogen-bond acceptors (Lipinski definition) is 3. The van der Waals surface area contributed by atoms with Gasteiger partial charge >= 0.3 is 0 Å². The Kier molecular flexibility index (Phi) is 9.18. The predicted molar refractivity (Wildman–Crippen MR) is 146 cm³/mol. The molecule has 6 nitrogen and oxygen atoms in total. The second-order valence-corrected chi connectivity index (χ2v) is 9.07. The van der Waals surface area contributed by atoms with Crippen LogP contribution in [0.1, 0.15) is 23.1 Å². The molecule has 0 radical (unpaired) electrons. The molecule has 0 saturated heterocycles. The van der Waals surface area contributed by atoms with E-state index in [4.69, 9.17) is 0 Å². The molecule has 7 heteroatoms. The monoisotopic (exact) mass is 511 g/mol. The zero-order chi connectivity index (χ0) is 26.7. The lowest BCUT2D eigenvalue weighted by Crippen LogP contribution is -2.50. The number of carbonyl (C=O) groups is 3. The van der Waals surface area contributed by atoms with E-state index >= 15 is 0 Å². The molecule has 0 aliphatic carbocycles. The number of hydrogen-bond donors (Lipinski definition) is 3. The van der Waals surface area contributed by atoms with E-state index in [-0.39, 0.29) is 43.6 Å². The lowest BCUT2D eigenvalue weighted by Gasteiger charge is -2.19. The molecule has 0 aliphatic heterocycles. The summed E-state index contributed by atoms with van der Waals surface area (Å²) in [6.07, 6.45) is 0.995. The molecule has 4 rings (SSSR count). The van der Waals surface area contributed by atoms with Crippen LogP contribution in [-0.4, -0.2) is 30.3 Å². The zero-order valence-corrected chi connectivity index (χ0v) is 21.0. The SMILES string of the molecule is O=C(CCc1ccccc1)NCC(=O)NC(Cc1ccc(F)cc1)C(=O)NCc1cccc2ccccc12. The molecule has 38 heavy (non-hydrogen) atoms. The Labute approximate surface area is 221 Å². The van der Waals surface area contributed by atoms with E-state index in [2.05, 4.69) is 16.0 Å². The largest absolute Gasteiger partial charge is 0.350 e. The lowest BCUT2D eigenvalue weighted by atomic mass is 10.0. The number of halogens is 1. The van der Waals surface area contributed by atoms with Crippen LogP contribution in [0.4, 0.5) is 4.39 Å². The van der Waals surface area contributed by atoms with Crippen molar-refractivity contribution >= 4 is 28.5 Å². The summed E-state index contributed by atoms with van der Waals surface area (Å²) < 4.78 is 13.4. The fourth-order valence-corrected chi connectivity index (χ4v) is 4.23. The van der Waals surface area contributed by atoms with E-state index in [1.807, 2.05) is 72.8 Å². The number of nitrogens with one attached hydrogen (secondary N) is 3. The smallest absolute Gasteiger partial charge is 0.243 e. The first-order valence-electron chi connectivity index (χ1n) is 12.6. The molecule has 4 aromatic carbocycles. The van der Waals surface area contributed by atoms with Crippen LogP contribution in [0.15, 0.2) is 97.1 Å². The molecular formula is C31H30FN3O3. The van der Waals surface area contributed by atoms with Gasteiger partial charge in [0.2, 0.25) is 17.7 Å². The second-order valence-electron chi connectivity index (χ2n) is 9.07. The van der Waals surface area contributed by atoms with Gasteiger partial charge in [0.15, 0.2) is 0 Å². The van der Waals surface area contributed by atoms with Gasteiger partial charge in [-0.3, -0.25) is 14.4 Å². The number of fused-ring (bicyclic) bond motifs is 1. The number of benzene rings is 4. The standard InChI is InChI=1S/C31H30FN3O3/c32-26-16-13-23(14-17-26)19-28(31(38)34-20-25-11-6-10-24-9-4-5-12-27(24)25)35-30(37)21-33-29(36)18-15-22-7-2-1-3-8-22/h1-14,16-17,28H,15,18-21H2,(H,33,36)(H,34,38)(H,35,37). The van der Waals surface area contributed by atoms with Crippen molar-refractivity contribution in [3.63, 3.8) is 0 Å².